The highest BCUT2D eigenvalue weighted by Gasteiger charge is 2.25. The zero-order chi connectivity index (χ0) is 18.9. The summed E-state index contributed by atoms with van der Waals surface area (Å²) in [6.07, 6.45) is 8.47. The van der Waals surface area contributed by atoms with Crippen LogP contribution in [0.15, 0.2) is 91.5 Å². The Labute approximate surface area is 163 Å². The van der Waals surface area contributed by atoms with Crippen molar-refractivity contribution in [3.63, 3.8) is 0 Å². The summed E-state index contributed by atoms with van der Waals surface area (Å²) in [5.41, 5.74) is 6.28. The second-order valence-electron chi connectivity index (χ2n) is 6.92. The van der Waals surface area contributed by atoms with Crippen molar-refractivity contribution in [2.45, 2.75) is 6.42 Å². The Bertz CT molecular complexity index is 1120. The first-order valence-corrected chi connectivity index (χ1v) is 9.38. The number of aromatic nitrogens is 2. The molecular weight excluding hydrogens is 346 g/mol. The number of benzene rings is 2. The van der Waals surface area contributed by atoms with E-state index >= 15 is 0 Å². The number of anilines is 1. The largest absolute Gasteiger partial charge is 0.324 e. The quantitative estimate of drug-likeness (QED) is 0.526. The zero-order valence-corrected chi connectivity index (χ0v) is 15.3. The lowest BCUT2D eigenvalue weighted by molar-refractivity contribution is 0.0989. The van der Waals surface area contributed by atoms with Crippen molar-refractivity contribution < 1.29 is 4.79 Å². The van der Waals surface area contributed by atoms with E-state index in [2.05, 4.69) is 23.2 Å². The fraction of sp³-hybridized carbons (Fsp3) is 0.0833. The van der Waals surface area contributed by atoms with Crippen molar-refractivity contribution >= 4 is 11.6 Å². The molecule has 0 radical (unpaired) electrons. The minimum Gasteiger partial charge on any atom is -0.324 e. The Morgan fingerprint density at radius 3 is 2.36 bits per heavy atom. The topological polar surface area (TPSA) is 38.1 Å². The molecule has 4 aromatic rings. The molecule has 4 nitrogen and oxygen atoms in total. The van der Waals surface area contributed by atoms with Crippen molar-refractivity contribution in [2.24, 2.45) is 0 Å². The molecule has 0 atom stereocenters. The Morgan fingerprint density at radius 2 is 1.61 bits per heavy atom. The molecule has 0 saturated carbocycles. The maximum Gasteiger partial charge on any atom is 0.258 e. The number of carbonyl (C=O) groups is 1. The molecule has 136 valence electrons. The molecule has 0 spiro atoms. The number of pyridine rings is 1. The van der Waals surface area contributed by atoms with E-state index in [4.69, 9.17) is 0 Å². The lowest BCUT2D eigenvalue weighted by Gasteiger charge is -2.18. The van der Waals surface area contributed by atoms with Crippen LogP contribution in [0.5, 0.6) is 0 Å². The third-order valence-corrected chi connectivity index (χ3v) is 5.25. The molecule has 1 aliphatic heterocycles. The van der Waals surface area contributed by atoms with Gasteiger partial charge < -0.3 is 9.47 Å². The van der Waals surface area contributed by atoms with E-state index in [0.29, 0.717) is 12.1 Å². The van der Waals surface area contributed by atoms with Gasteiger partial charge in [0.15, 0.2) is 0 Å². The molecule has 4 heteroatoms. The van der Waals surface area contributed by atoms with Crippen molar-refractivity contribution in [2.75, 3.05) is 11.4 Å². The number of hydrogen-bond donors (Lipinski definition) is 0. The minimum absolute atomic E-state index is 0.0504. The fourth-order valence-corrected chi connectivity index (χ4v) is 3.78. The molecule has 0 fully saturated rings. The second-order valence-corrected chi connectivity index (χ2v) is 6.92. The van der Waals surface area contributed by atoms with Crippen LogP contribution in [-0.4, -0.2) is 22.0 Å². The number of hydrogen-bond acceptors (Lipinski definition) is 2. The summed E-state index contributed by atoms with van der Waals surface area (Å²) in [6, 6.07) is 22.1. The van der Waals surface area contributed by atoms with Crippen molar-refractivity contribution in [1.29, 1.82) is 0 Å². The lowest BCUT2D eigenvalue weighted by Crippen LogP contribution is -2.28. The van der Waals surface area contributed by atoms with E-state index in [1.807, 2.05) is 70.4 Å². The van der Waals surface area contributed by atoms with Crippen LogP contribution >= 0.6 is 0 Å². The average molecular weight is 365 g/mol. The lowest BCUT2D eigenvalue weighted by atomic mass is 10.0. The third kappa shape index (κ3) is 2.89. The van der Waals surface area contributed by atoms with Gasteiger partial charge in [0.1, 0.15) is 0 Å². The molecule has 28 heavy (non-hydrogen) atoms. The maximum atomic E-state index is 13.1. The molecule has 1 aliphatic rings. The van der Waals surface area contributed by atoms with Gasteiger partial charge >= 0.3 is 0 Å². The summed E-state index contributed by atoms with van der Waals surface area (Å²) in [5.74, 6) is 0.0504. The molecule has 1 amide bonds. The maximum absolute atomic E-state index is 13.1. The van der Waals surface area contributed by atoms with Crippen LogP contribution in [0.4, 0.5) is 5.69 Å². The highest BCUT2D eigenvalue weighted by Crippen LogP contribution is 2.33. The van der Waals surface area contributed by atoms with Gasteiger partial charge in [-0.3, -0.25) is 9.78 Å². The molecule has 0 N–H and O–H groups in total. The van der Waals surface area contributed by atoms with Gasteiger partial charge in [0.25, 0.3) is 5.91 Å². The molecule has 0 unspecified atom stereocenters. The van der Waals surface area contributed by atoms with E-state index in [1.165, 1.54) is 5.56 Å². The summed E-state index contributed by atoms with van der Waals surface area (Å²) in [7, 11) is 0. The highest BCUT2D eigenvalue weighted by molar-refractivity contribution is 6.07. The van der Waals surface area contributed by atoms with Crippen LogP contribution in [-0.2, 0) is 6.42 Å². The number of amides is 1. The van der Waals surface area contributed by atoms with Crippen molar-refractivity contribution in [1.82, 2.24) is 9.55 Å². The first-order valence-electron chi connectivity index (χ1n) is 9.38. The predicted molar refractivity (Wildman–Crippen MR) is 111 cm³/mol. The van der Waals surface area contributed by atoms with Gasteiger partial charge in [0.2, 0.25) is 0 Å². The van der Waals surface area contributed by atoms with Gasteiger partial charge in [-0.05, 0) is 83.8 Å². The Balaban J connectivity index is 1.40. The second kappa shape index (κ2) is 6.82. The Kier molecular flexibility index (Phi) is 4.02. The Hall–Kier alpha value is -3.66. The molecular formula is C24H19N3O. The van der Waals surface area contributed by atoms with Crippen LogP contribution in [0.2, 0.25) is 0 Å². The number of carbonyl (C=O) groups excluding carboxylic acids is 1. The normalized spacial score (nSPS) is 12.8. The number of rotatable bonds is 3. The summed E-state index contributed by atoms with van der Waals surface area (Å²) in [5, 5.41) is 0. The number of nitrogens with zero attached hydrogens (tertiary/aromatic N) is 3. The molecule has 2 aromatic carbocycles. The van der Waals surface area contributed by atoms with Crippen molar-refractivity contribution in [3.8, 4) is 16.8 Å². The zero-order valence-electron chi connectivity index (χ0n) is 15.3. The molecule has 2 aromatic heterocycles. The molecule has 0 bridgehead atoms. The highest BCUT2D eigenvalue weighted by atomic mass is 16.2. The van der Waals surface area contributed by atoms with Gasteiger partial charge in [0, 0.05) is 48.3 Å². The van der Waals surface area contributed by atoms with Gasteiger partial charge in [-0.2, -0.15) is 0 Å². The van der Waals surface area contributed by atoms with E-state index in [-0.39, 0.29) is 5.91 Å². The van der Waals surface area contributed by atoms with Crippen LogP contribution in [0.1, 0.15) is 15.9 Å². The van der Waals surface area contributed by atoms with Crippen LogP contribution < -0.4 is 4.90 Å². The smallest absolute Gasteiger partial charge is 0.258 e. The predicted octanol–water partition coefficient (Wildman–Crippen LogP) is 4.74. The summed E-state index contributed by atoms with van der Waals surface area (Å²) in [6.45, 7) is 0.716. The standard InChI is InChI=1S/C24H19N3O/c28-24(19-3-6-22(7-4-19)26-14-1-2-15-26)27-16-11-21-17-20(5-8-23(21)27)18-9-12-25-13-10-18/h1-10,12-15,17H,11,16H2. The summed E-state index contributed by atoms with van der Waals surface area (Å²) >= 11 is 0. The van der Waals surface area contributed by atoms with Crippen molar-refractivity contribution in [3.05, 3.63) is 103 Å². The first kappa shape index (κ1) is 16.5. The minimum atomic E-state index is 0.0504. The van der Waals surface area contributed by atoms with Crippen LogP contribution in [0.25, 0.3) is 16.8 Å². The van der Waals surface area contributed by atoms with Crippen LogP contribution in [0.3, 0.4) is 0 Å². The SMILES string of the molecule is O=C(c1ccc(-n2cccc2)cc1)N1CCc2cc(-c3ccncc3)ccc21. The van der Waals surface area contributed by atoms with E-state index < -0.39 is 0 Å². The van der Waals surface area contributed by atoms with E-state index in [0.717, 1.165) is 28.9 Å². The third-order valence-electron chi connectivity index (χ3n) is 5.25. The molecule has 0 saturated heterocycles. The van der Waals surface area contributed by atoms with Gasteiger partial charge in [-0.1, -0.05) is 6.07 Å². The Morgan fingerprint density at radius 1 is 0.857 bits per heavy atom. The van der Waals surface area contributed by atoms with Gasteiger partial charge in [0.05, 0.1) is 0 Å². The fourth-order valence-electron chi connectivity index (χ4n) is 3.78. The van der Waals surface area contributed by atoms with Gasteiger partial charge in [-0.25, -0.2) is 0 Å². The number of fused-ring (bicyclic) bond motifs is 1. The molecule has 3 heterocycles. The molecule has 0 aliphatic carbocycles. The molecule has 5 rings (SSSR count). The van der Waals surface area contributed by atoms with Crippen LogP contribution in [0, 0.1) is 0 Å². The summed E-state index contributed by atoms with van der Waals surface area (Å²) in [4.78, 5) is 19.0. The monoisotopic (exact) mass is 365 g/mol. The summed E-state index contributed by atoms with van der Waals surface area (Å²) < 4.78 is 2.03. The van der Waals surface area contributed by atoms with E-state index in [1.54, 1.807) is 12.4 Å². The van der Waals surface area contributed by atoms with Gasteiger partial charge in [-0.15, -0.1) is 0 Å². The average Bonchev–Trinajstić information content (AvgIpc) is 3.44. The van der Waals surface area contributed by atoms with E-state index in [9.17, 15) is 4.79 Å². The first-order chi connectivity index (χ1) is 13.8.